The van der Waals surface area contributed by atoms with Crippen LogP contribution in [0.3, 0.4) is 0 Å². The number of nitrogens with one attached hydrogen (secondary N) is 1. The van der Waals surface area contributed by atoms with E-state index in [1.54, 1.807) is 18.0 Å². The number of hydrogen-bond donors (Lipinski definition) is 1. The summed E-state index contributed by atoms with van der Waals surface area (Å²) in [7, 11) is 0. The van der Waals surface area contributed by atoms with Gasteiger partial charge in [-0.05, 0) is 38.1 Å². The van der Waals surface area contributed by atoms with E-state index < -0.39 is 0 Å². The molecule has 1 aromatic carbocycles. The lowest BCUT2D eigenvalue weighted by Crippen LogP contribution is -2.40. The topological polar surface area (TPSA) is 84.4 Å². The molecular weight excluding hydrogens is 400 g/mol. The number of likely N-dealkylation sites (tertiary alicyclic amines) is 1. The molecule has 1 N–H and O–H groups in total. The minimum Gasteiger partial charge on any atom is -0.468 e. The van der Waals surface area contributed by atoms with E-state index in [0.717, 1.165) is 48.8 Å². The number of benzene rings is 1. The lowest BCUT2D eigenvalue weighted by atomic mass is 9.96. The van der Waals surface area contributed by atoms with Crippen molar-refractivity contribution in [1.29, 1.82) is 0 Å². The van der Waals surface area contributed by atoms with Crippen molar-refractivity contribution in [3.63, 3.8) is 0 Å². The van der Waals surface area contributed by atoms with Crippen molar-refractivity contribution in [2.24, 2.45) is 5.92 Å². The third-order valence-electron chi connectivity index (χ3n) is 5.19. The van der Waals surface area contributed by atoms with Crippen molar-refractivity contribution in [3.8, 4) is 11.4 Å². The van der Waals surface area contributed by atoms with Crippen molar-refractivity contribution >= 4 is 17.7 Å². The Morgan fingerprint density at radius 3 is 2.77 bits per heavy atom. The van der Waals surface area contributed by atoms with Crippen LogP contribution in [0.1, 0.15) is 24.5 Å². The van der Waals surface area contributed by atoms with Crippen LogP contribution in [0.2, 0.25) is 0 Å². The first-order chi connectivity index (χ1) is 14.8. The summed E-state index contributed by atoms with van der Waals surface area (Å²) in [5, 5.41) is 7.14. The maximum Gasteiger partial charge on any atom is 0.241 e. The Balaban J connectivity index is 1.14. The number of carbonyl (C=O) groups is 1. The minimum absolute atomic E-state index is 0.0823. The molecule has 1 amide bonds. The number of amides is 1. The largest absolute Gasteiger partial charge is 0.468 e. The van der Waals surface area contributed by atoms with Gasteiger partial charge in [-0.1, -0.05) is 35.5 Å². The van der Waals surface area contributed by atoms with Gasteiger partial charge in [-0.25, -0.2) is 0 Å². The van der Waals surface area contributed by atoms with Gasteiger partial charge >= 0.3 is 0 Å². The van der Waals surface area contributed by atoms with E-state index in [9.17, 15) is 4.79 Å². The number of furan rings is 1. The zero-order valence-corrected chi connectivity index (χ0v) is 17.6. The van der Waals surface area contributed by atoms with Crippen LogP contribution in [0.5, 0.6) is 0 Å². The zero-order valence-electron chi connectivity index (χ0n) is 16.8. The van der Waals surface area contributed by atoms with E-state index in [-0.39, 0.29) is 11.8 Å². The first-order valence-electron chi connectivity index (χ1n) is 10.3. The number of piperidine rings is 1. The van der Waals surface area contributed by atoms with Gasteiger partial charge in [0, 0.05) is 23.8 Å². The molecule has 0 spiro atoms. The molecule has 1 saturated heterocycles. The van der Waals surface area contributed by atoms with Crippen molar-refractivity contribution in [2.75, 3.05) is 25.4 Å². The monoisotopic (exact) mass is 426 g/mol. The van der Waals surface area contributed by atoms with Crippen LogP contribution in [-0.2, 0) is 17.1 Å². The zero-order chi connectivity index (χ0) is 20.6. The van der Waals surface area contributed by atoms with Gasteiger partial charge in [-0.15, -0.1) is 0 Å². The molecule has 0 aliphatic carbocycles. The van der Waals surface area contributed by atoms with Crippen molar-refractivity contribution in [3.05, 3.63) is 60.4 Å². The molecule has 2 aromatic heterocycles. The van der Waals surface area contributed by atoms with Crippen LogP contribution < -0.4 is 5.32 Å². The van der Waals surface area contributed by atoms with Crippen LogP contribution in [-0.4, -0.2) is 46.3 Å². The molecule has 4 rings (SSSR count). The van der Waals surface area contributed by atoms with Crippen LogP contribution in [0, 0.1) is 5.92 Å². The Morgan fingerprint density at radius 1 is 1.17 bits per heavy atom. The molecule has 1 aliphatic heterocycles. The summed E-state index contributed by atoms with van der Waals surface area (Å²) in [5.74, 6) is 4.16. The smallest absolute Gasteiger partial charge is 0.241 e. The third-order valence-corrected chi connectivity index (χ3v) is 6.17. The fraction of sp³-hybridized carbons (Fsp3) is 0.409. The minimum atomic E-state index is 0.0823. The summed E-state index contributed by atoms with van der Waals surface area (Å²) in [6.07, 6.45) is 3.39. The van der Waals surface area contributed by atoms with Gasteiger partial charge in [0.05, 0.1) is 18.6 Å². The van der Waals surface area contributed by atoms with Gasteiger partial charge in [-0.3, -0.25) is 9.69 Å². The summed E-state index contributed by atoms with van der Waals surface area (Å²) >= 11 is 1.76. The summed E-state index contributed by atoms with van der Waals surface area (Å²) < 4.78 is 10.7. The van der Waals surface area contributed by atoms with E-state index in [1.165, 1.54) is 0 Å². The summed E-state index contributed by atoms with van der Waals surface area (Å²) in [5.41, 5.74) is 0.949. The lowest BCUT2D eigenvalue weighted by Gasteiger charge is -2.30. The highest BCUT2D eigenvalue weighted by Gasteiger charge is 2.25. The Kier molecular flexibility index (Phi) is 7.20. The molecule has 0 radical (unpaired) electrons. The molecule has 1 fully saturated rings. The average Bonchev–Trinajstić information content (AvgIpc) is 3.47. The SMILES string of the molecule is O=C(NCCSCc1ccco1)C1CCN(Cc2nc(-c3ccccc3)no2)CC1. The Hall–Kier alpha value is -2.58. The molecule has 1 aliphatic rings. The Labute approximate surface area is 180 Å². The highest BCUT2D eigenvalue weighted by atomic mass is 32.2. The average molecular weight is 427 g/mol. The predicted octanol–water partition coefficient (Wildman–Crippen LogP) is 3.59. The quantitative estimate of drug-likeness (QED) is 0.524. The normalized spacial score (nSPS) is 15.3. The van der Waals surface area contributed by atoms with Crippen LogP contribution in [0.15, 0.2) is 57.7 Å². The highest BCUT2D eigenvalue weighted by molar-refractivity contribution is 7.98. The Morgan fingerprint density at radius 2 is 2.00 bits per heavy atom. The summed E-state index contributed by atoms with van der Waals surface area (Å²) in [6.45, 7) is 3.02. The lowest BCUT2D eigenvalue weighted by molar-refractivity contribution is -0.126. The summed E-state index contributed by atoms with van der Waals surface area (Å²) in [4.78, 5) is 19.2. The number of rotatable bonds is 9. The van der Waals surface area contributed by atoms with Crippen LogP contribution in [0.25, 0.3) is 11.4 Å². The van der Waals surface area contributed by atoms with E-state index in [0.29, 0.717) is 24.8 Å². The van der Waals surface area contributed by atoms with E-state index in [4.69, 9.17) is 8.94 Å². The second-order valence-corrected chi connectivity index (χ2v) is 8.46. The molecule has 0 bridgehead atoms. The van der Waals surface area contributed by atoms with E-state index >= 15 is 0 Å². The molecule has 158 valence electrons. The Bertz CT molecular complexity index is 906. The first kappa shape index (κ1) is 20.7. The predicted molar refractivity (Wildman–Crippen MR) is 116 cm³/mol. The van der Waals surface area contributed by atoms with Gasteiger partial charge < -0.3 is 14.3 Å². The van der Waals surface area contributed by atoms with Gasteiger partial charge in [-0.2, -0.15) is 16.7 Å². The molecule has 0 atom stereocenters. The molecule has 0 unspecified atom stereocenters. The maximum atomic E-state index is 12.4. The molecule has 7 nitrogen and oxygen atoms in total. The molecule has 8 heteroatoms. The third kappa shape index (κ3) is 5.73. The number of aromatic nitrogens is 2. The molecule has 0 saturated carbocycles. The second kappa shape index (κ2) is 10.4. The van der Waals surface area contributed by atoms with Gasteiger partial charge in [0.15, 0.2) is 0 Å². The molecule has 3 aromatic rings. The second-order valence-electron chi connectivity index (χ2n) is 7.35. The van der Waals surface area contributed by atoms with Crippen molar-refractivity contribution in [2.45, 2.75) is 25.1 Å². The van der Waals surface area contributed by atoms with E-state index in [1.807, 2.05) is 42.5 Å². The number of thioether (sulfide) groups is 1. The number of nitrogens with zero attached hydrogens (tertiary/aromatic N) is 3. The fourth-order valence-corrected chi connectivity index (χ4v) is 4.28. The highest BCUT2D eigenvalue weighted by Crippen LogP contribution is 2.20. The van der Waals surface area contributed by atoms with Crippen molar-refractivity contribution < 1.29 is 13.7 Å². The van der Waals surface area contributed by atoms with Gasteiger partial charge in [0.25, 0.3) is 0 Å². The van der Waals surface area contributed by atoms with Crippen LogP contribution in [0.4, 0.5) is 0 Å². The van der Waals surface area contributed by atoms with Gasteiger partial charge in [0.1, 0.15) is 5.76 Å². The van der Waals surface area contributed by atoms with Crippen LogP contribution >= 0.6 is 11.8 Å². The van der Waals surface area contributed by atoms with Crippen molar-refractivity contribution in [1.82, 2.24) is 20.4 Å². The number of carbonyl (C=O) groups excluding carboxylic acids is 1. The fourth-order valence-electron chi connectivity index (χ4n) is 3.53. The molecule has 30 heavy (non-hydrogen) atoms. The molecular formula is C22H26N4O3S. The standard InChI is InChI=1S/C22H26N4O3S/c27-22(23-10-14-30-16-19-7-4-13-28-19)18-8-11-26(12-9-18)15-20-24-21(25-29-20)17-5-2-1-3-6-17/h1-7,13,18H,8-12,14-16H2,(H,23,27). The summed E-state index contributed by atoms with van der Waals surface area (Å²) in [6, 6.07) is 13.7. The first-order valence-corrected chi connectivity index (χ1v) is 11.4. The maximum absolute atomic E-state index is 12.4. The van der Waals surface area contributed by atoms with Gasteiger partial charge in [0.2, 0.25) is 17.6 Å². The molecule has 3 heterocycles. The van der Waals surface area contributed by atoms with E-state index in [2.05, 4.69) is 20.4 Å². The number of hydrogen-bond acceptors (Lipinski definition) is 7.